The largest absolute Gasteiger partial charge is 0.467 e. The minimum absolute atomic E-state index is 0.0618. The van der Waals surface area contributed by atoms with E-state index < -0.39 is 0 Å². The van der Waals surface area contributed by atoms with Crippen LogP contribution in [0.4, 0.5) is 0 Å². The predicted molar refractivity (Wildman–Crippen MR) is 54.1 cm³/mol. The topological polar surface area (TPSA) is 34.4 Å². The highest BCUT2D eigenvalue weighted by atomic mass is 16.5. The molecule has 1 fully saturated rings. The number of nitrogens with one attached hydrogen (secondary N) is 1. The van der Waals surface area contributed by atoms with Gasteiger partial charge >= 0.3 is 0 Å². The Bertz CT molecular complexity index is 279. The summed E-state index contributed by atoms with van der Waals surface area (Å²) in [4.78, 5) is 0. The van der Waals surface area contributed by atoms with E-state index in [-0.39, 0.29) is 11.5 Å². The van der Waals surface area contributed by atoms with Gasteiger partial charge in [-0.25, -0.2) is 0 Å². The van der Waals surface area contributed by atoms with E-state index in [0.29, 0.717) is 0 Å². The van der Waals surface area contributed by atoms with Crippen molar-refractivity contribution in [2.24, 2.45) is 5.41 Å². The Balaban J connectivity index is 2.03. The Morgan fingerprint density at radius 2 is 2.36 bits per heavy atom. The average Bonchev–Trinajstić information content (AvgIpc) is 2.58. The first-order valence-corrected chi connectivity index (χ1v) is 5.03. The van der Waals surface area contributed by atoms with Crippen LogP contribution >= 0.6 is 0 Å². The maximum Gasteiger partial charge on any atom is 0.133 e. The average molecular weight is 195 g/mol. The number of furan rings is 1. The minimum Gasteiger partial charge on any atom is -0.467 e. The van der Waals surface area contributed by atoms with E-state index in [2.05, 4.69) is 19.2 Å². The highest BCUT2D eigenvalue weighted by Gasteiger charge is 2.26. The van der Waals surface area contributed by atoms with Crippen molar-refractivity contribution < 1.29 is 9.15 Å². The van der Waals surface area contributed by atoms with E-state index in [4.69, 9.17) is 9.15 Å². The van der Waals surface area contributed by atoms with Gasteiger partial charge in [0.25, 0.3) is 0 Å². The van der Waals surface area contributed by atoms with E-state index in [0.717, 1.165) is 25.5 Å². The molecule has 0 aromatic carbocycles. The third-order valence-corrected chi connectivity index (χ3v) is 2.47. The van der Waals surface area contributed by atoms with Gasteiger partial charge in [-0.05, 0) is 12.1 Å². The number of ether oxygens (including phenoxy) is 1. The summed E-state index contributed by atoms with van der Waals surface area (Å²) in [5.74, 6) is 0.912. The van der Waals surface area contributed by atoms with Crippen molar-refractivity contribution in [3.05, 3.63) is 24.2 Å². The van der Waals surface area contributed by atoms with Gasteiger partial charge in [-0.1, -0.05) is 13.8 Å². The zero-order valence-corrected chi connectivity index (χ0v) is 8.75. The van der Waals surface area contributed by atoms with Crippen LogP contribution in [-0.2, 0) is 4.74 Å². The van der Waals surface area contributed by atoms with Gasteiger partial charge < -0.3 is 14.5 Å². The van der Waals surface area contributed by atoms with Crippen LogP contribution in [0.5, 0.6) is 0 Å². The maximum atomic E-state index is 5.81. The first-order valence-electron chi connectivity index (χ1n) is 5.03. The smallest absolute Gasteiger partial charge is 0.133 e. The molecule has 0 aliphatic carbocycles. The second kappa shape index (κ2) is 3.75. The standard InChI is InChI=1S/C11H17NO2/c1-11(2)7-12-6-10(14-8-11)9-4-3-5-13-9/h3-5,10,12H,6-8H2,1-2H3. The van der Waals surface area contributed by atoms with E-state index in [1.165, 1.54) is 0 Å². The van der Waals surface area contributed by atoms with Gasteiger partial charge in [0.15, 0.2) is 0 Å². The van der Waals surface area contributed by atoms with Crippen LogP contribution in [0.3, 0.4) is 0 Å². The molecule has 0 bridgehead atoms. The molecular formula is C11H17NO2. The van der Waals surface area contributed by atoms with Crippen molar-refractivity contribution in [1.29, 1.82) is 0 Å². The Morgan fingerprint density at radius 1 is 1.50 bits per heavy atom. The summed E-state index contributed by atoms with van der Waals surface area (Å²) in [6, 6.07) is 3.86. The highest BCUT2D eigenvalue weighted by molar-refractivity contribution is 5.03. The van der Waals surface area contributed by atoms with Crippen LogP contribution in [0, 0.1) is 5.41 Å². The maximum absolute atomic E-state index is 5.81. The van der Waals surface area contributed by atoms with Gasteiger partial charge in [0.2, 0.25) is 0 Å². The lowest BCUT2D eigenvalue weighted by Gasteiger charge is -2.21. The van der Waals surface area contributed by atoms with Gasteiger partial charge in [-0.2, -0.15) is 0 Å². The summed E-state index contributed by atoms with van der Waals surface area (Å²) in [6.45, 7) is 6.99. The molecule has 0 amide bonds. The zero-order chi connectivity index (χ0) is 10.0. The fourth-order valence-corrected chi connectivity index (χ4v) is 1.63. The SMILES string of the molecule is CC1(C)CNCC(c2ccco2)OC1. The summed E-state index contributed by atoms with van der Waals surface area (Å²) < 4.78 is 11.1. The van der Waals surface area contributed by atoms with Gasteiger partial charge in [0.05, 0.1) is 12.9 Å². The Kier molecular flexibility index (Phi) is 2.61. The van der Waals surface area contributed by atoms with Gasteiger partial charge in [0, 0.05) is 18.5 Å². The molecule has 0 radical (unpaired) electrons. The molecule has 14 heavy (non-hydrogen) atoms. The molecule has 1 atom stereocenters. The molecule has 3 heteroatoms. The summed E-state index contributed by atoms with van der Waals surface area (Å²) in [5, 5.41) is 3.39. The summed E-state index contributed by atoms with van der Waals surface area (Å²) in [5.41, 5.74) is 0.210. The van der Waals surface area contributed by atoms with Crippen molar-refractivity contribution in [1.82, 2.24) is 5.32 Å². The predicted octanol–water partition coefficient (Wildman–Crippen LogP) is 1.97. The van der Waals surface area contributed by atoms with Crippen LogP contribution in [0.2, 0.25) is 0 Å². The lowest BCUT2D eigenvalue weighted by atomic mass is 9.95. The normalized spacial score (nSPS) is 27.1. The molecule has 0 saturated carbocycles. The number of hydrogen-bond donors (Lipinski definition) is 1. The molecule has 1 aromatic heterocycles. The summed E-state index contributed by atoms with van der Waals surface area (Å²) in [6.07, 6.45) is 1.75. The zero-order valence-electron chi connectivity index (χ0n) is 8.75. The van der Waals surface area contributed by atoms with Gasteiger partial charge in [-0.15, -0.1) is 0 Å². The van der Waals surface area contributed by atoms with E-state index in [1.54, 1.807) is 6.26 Å². The second-order valence-electron chi connectivity index (χ2n) is 4.61. The van der Waals surface area contributed by atoms with Crippen molar-refractivity contribution in [3.63, 3.8) is 0 Å². The summed E-state index contributed by atoms with van der Waals surface area (Å²) >= 11 is 0. The molecule has 3 nitrogen and oxygen atoms in total. The van der Waals surface area contributed by atoms with Crippen LogP contribution in [-0.4, -0.2) is 19.7 Å². The minimum atomic E-state index is 0.0618. The number of rotatable bonds is 1. The van der Waals surface area contributed by atoms with Crippen LogP contribution in [0.15, 0.2) is 22.8 Å². The van der Waals surface area contributed by atoms with Crippen LogP contribution in [0.1, 0.15) is 25.7 Å². The quantitative estimate of drug-likeness (QED) is 0.744. The third kappa shape index (κ3) is 2.16. The highest BCUT2D eigenvalue weighted by Crippen LogP contribution is 2.25. The van der Waals surface area contributed by atoms with Crippen LogP contribution < -0.4 is 5.32 Å². The molecule has 1 N–H and O–H groups in total. The van der Waals surface area contributed by atoms with Gasteiger partial charge in [0.1, 0.15) is 11.9 Å². The van der Waals surface area contributed by atoms with Crippen molar-refractivity contribution in [2.75, 3.05) is 19.7 Å². The fourth-order valence-electron chi connectivity index (χ4n) is 1.63. The Labute approximate surface area is 84.4 Å². The first-order chi connectivity index (χ1) is 6.67. The molecule has 1 aliphatic rings. The third-order valence-electron chi connectivity index (χ3n) is 2.47. The molecule has 1 aromatic rings. The Hall–Kier alpha value is -0.800. The van der Waals surface area contributed by atoms with Crippen molar-refractivity contribution >= 4 is 0 Å². The van der Waals surface area contributed by atoms with Crippen LogP contribution in [0.25, 0.3) is 0 Å². The lowest BCUT2D eigenvalue weighted by molar-refractivity contribution is 0.0147. The van der Waals surface area contributed by atoms with Crippen molar-refractivity contribution in [2.45, 2.75) is 20.0 Å². The lowest BCUT2D eigenvalue weighted by Crippen LogP contribution is -2.29. The molecular weight excluding hydrogens is 178 g/mol. The Morgan fingerprint density at radius 3 is 3.07 bits per heavy atom. The molecule has 78 valence electrons. The summed E-state index contributed by atoms with van der Waals surface area (Å²) in [7, 11) is 0. The van der Waals surface area contributed by atoms with Crippen molar-refractivity contribution in [3.8, 4) is 0 Å². The molecule has 1 aliphatic heterocycles. The molecule has 0 spiro atoms. The first kappa shape index (κ1) is 9.74. The van der Waals surface area contributed by atoms with E-state index in [1.807, 2.05) is 12.1 Å². The molecule has 2 heterocycles. The molecule has 1 unspecified atom stereocenters. The van der Waals surface area contributed by atoms with Gasteiger partial charge in [-0.3, -0.25) is 0 Å². The fraction of sp³-hybridized carbons (Fsp3) is 0.636. The molecule has 1 saturated heterocycles. The number of hydrogen-bond acceptors (Lipinski definition) is 3. The van der Waals surface area contributed by atoms with E-state index >= 15 is 0 Å². The monoisotopic (exact) mass is 195 g/mol. The molecule has 2 rings (SSSR count). The second-order valence-corrected chi connectivity index (χ2v) is 4.61. The van der Waals surface area contributed by atoms with E-state index in [9.17, 15) is 0 Å².